The molecule has 0 aliphatic rings. The first-order chi connectivity index (χ1) is 4.62. The lowest BCUT2D eigenvalue weighted by atomic mass is 9.87. The van der Waals surface area contributed by atoms with Crippen LogP contribution in [0.15, 0.2) is 12.2 Å². The highest BCUT2D eigenvalue weighted by atomic mass is 14.2. The number of hydrogen-bond donors (Lipinski definition) is 0. The lowest BCUT2D eigenvalue weighted by Gasteiger charge is -2.18. The van der Waals surface area contributed by atoms with E-state index < -0.39 is 0 Å². The molecular formula is C10H20. The van der Waals surface area contributed by atoms with Crippen molar-refractivity contribution in [2.24, 2.45) is 5.41 Å². The molecule has 0 aliphatic heterocycles. The van der Waals surface area contributed by atoms with E-state index >= 15 is 0 Å². The molecule has 10 heavy (non-hydrogen) atoms. The topological polar surface area (TPSA) is 0 Å². The highest BCUT2D eigenvalue weighted by molar-refractivity contribution is 4.92. The van der Waals surface area contributed by atoms with Crippen molar-refractivity contribution in [1.82, 2.24) is 0 Å². The predicted octanol–water partition coefficient (Wildman–Crippen LogP) is 3.78. The fourth-order valence-corrected chi connectivity index (χ4v) is 1.17. The van der Waals surface area contributed by atoms with Gasteiger partial charge in [0, 0.05) is 0 Å². The zero-order valence-electron chi connectivity index (χ0n) is 7.78. The lowest BCUT2D eigenvalue weighted by molar-refractivity contribution is 0.418. The molecule has 0 bridgehead atoms. The van der Waals surface area contributed by atoms with E-state index in [1.165, 1.54) is 19.3 Å². The lowest BCUT2D eigenvalue weighted by Crippen LogP contribution is -2.06. The van der Waals surface area contributed by atoms with Gasteiger partial charge < -0.3 is 0 Å². The highest BCUT2D eigenvalue weighted by Crippen LogP contribution is 2.24. The summed E-state index contributed by atoms with van der Waals surface area (Å²) in [6.45, 7) is 8.92. The van der Waals surface area contributed by atoms with Gasteiger partial charge in [0.1, 0.15) is 0 Å². The summed E-state index contributed by atoms with van der Waals surface area (Å²) < 4.78 is 0. The summed E-state index contributed by atoms with van der Waals surface area (Å²) in [5, 5.41) is 0. The zero-order valence-corrected chi connectivity index (χ0v) is 7.78. The molecule has 0 amide bonds. The van der Waals surface area contributed by atoms with Gasteiger partial charge in [-0.25, -0.2) is 0 Å². The predicted molar refractivity (Wildman–Crippen MR) is 48.1 cm³/mol. The van der Waals surface area contributed by atoms with Crippen molar-refractivity contribution in [2.45, 2.75) is 47.0 Å². The molecule has 0 saturated heterocycles. The maximum absolute atomic E-state index is 2.29. The Labute approximate surface area is 65.3 Å². The third-order valence-corrected chi connectivity index (χ3v) is 1.79. The molecule has 0 heteroatoms. The number of hydrogen-bond acceptors (Lipinski definition) is 0. The van der Waals surface area contributed by atoms with Crippen molar-refractivity contribution in [2.75, 3.05) is 0 Å². The van der Waals surface area contributed by atoms with E-state index in [4.69, 9.17) is 0 Å². The van der Waals surface area contributed by atoms with E-state index in [0.29, 0.717) is 5.41 Å². The van der Waals surface area contributed by atoms with E-state index in [1.807, 2.05) is 0 Å². The van der Waals surface area contributed by atoms with Gasteiger partial charge in [-0.15, -0.1) is 0 Å². The van der Waals surface area contributed by atoms with Crippen LogP contribution in [0.2, 0.25) is 0 Å². The van der Waals surface area contributed by atoms with Gasteiger partial charge in [-0.3, -0.25) is 0 Å². The SMILES string of the molecule is CC=CC(C)(C)CCCC. The van der Waals surface area contributed by atoms with Crippen molar-refractivity contribution >= 4 is 0 Å². The Hall–Kier alpha value is -0.260. The third-order valence-electron chi connectivity index (χ3n) is 1.79. The van der Waals surface area contributed by atoms with Crippen molar-refractivity contribution in [1.29, 1.82) is 0 Å². The number of rotatable bonds is 4. The van der Waals surface area contributed by atoms with Crippen LogP contribution in [-0.4, -0.2) is 0 Å². The second-order valence-electron chi connectivity index (χ2n) is 3.59. The normalized spacial score (nSPS) is 12.8. The summed E-state index contributed by atoms with van der Waals surface area (Å²) in [5.74, 6) is 0. The van der Waals surface area contributed by atoms with Crippen LogP contribution in [0.3, 0.4) is 0 Å². The van der Waals surface area contributed by atoms with Gasteiger partial charge in [0.05, 0.1) is 0 Å². The van der Waals surface area contributed by atoms with Crippen LogP contribution < -0.4 is 0 Å². The summed E-state index contributed by atoms with van der Waals surface area (Å²) in [5.41, 5.74) is 0.421. The van der Waals surface area contributed by atoms with Crippen molar-refractivity contribution in [3.63, 3.8) is 0 Å². The number of allylic oxidation sites excluding steroid dienone is 2. The van der Waals surface area contributed by atoms with E-state index in [0.717, 1.165) is 0 Å². The summed E-state index contributed by atoms with van der Waals surface area (Å²) in [7, 11) is 0. The Balaban J connectivity index is 3.63. The van der Waals surface area contributed by atoms with Gasteiger partial charge in [-0.2, -0.15) is 0 Å². The van der Waals surface area contributed by atoms with Crippen LogP contribution in [0, 0.1) is 5.41 Å². The maximum atomic E-state index is 2.29. The second kappa shape index (κ2) is 4.54. The van der Waals surface area contributed by atoms with Crippen LogP contribution in [0.5, 0.6) is 0 Å². The molecule has 0 fully saturated rings. The van der Waals surface area contributed by atoms with Gasteiger partial charge in [-0.1, -0.05) is 45.8 Å². The first-order valence-electron chi connectivity index (χ1n) is 4.26. The molecule has 0 aromatic rings. The van der Waals surface area contributed by atoms with Crippen LogP contribution in [-0.2, 0) is 0 Å². The molecule has 0 nitrogen and oxygen atoms in total. The highest BCUT2D eigenvalue weighted by Gasteiger charge is 2.11. The van der Waals surface area contributed by atoms with E-state index in [2.05, 4.69) is 39.8 Å². The molecule has 0 aromatic carbocycles. The molecule has 0 radical (unpaired) electrons. The summed E-state index contributed by atoms with van der Waals surface area (Å²) in [6, 6.07) is 0. The first kappa shape index (κ1) is 9.74. The minimum atomic E-state index is 0.421. The van der Waals surface area contributed by atoms with Crippen molar-refractivity contribution < 1.29 is 0 Å². The average Bonchev–Trinajstić information content (AvgIpc) is 1.84. The van der Waals surface area contributed by atoms with Crippen LogP contribution >= 0.6 is 0 Å². The average molecular weight is 140 g/mol. The number of unbranched alkanes of at least 4 members (excludes halogenated alkanes) is 1. The molecule has 0 N–H and O–H groups in total. The van der Waals surface area contributed by atoms with Crippen LogP contribution in [0.25, 0.3) is 0 Å². The molecule has 60 valence electrons. The van der Waals surface area contributed by atoms with Crippen LogP contribution in [0.4, 0.5) is 0 Å². The summed E-state index contributed by atoms with van der Waals surface area (Å²) >= 11 is 0. The van der Waals surface area contributed by atoms with Gasteiger partial charge in [-0.05, 0) is 18.8 Å². The smallest absolute Gasteiger partial charge is 0.0175 e. The Morgan fingerprint density at radius 2 is 1.90 bits per heavy atom. The maximum Gasteiger partial charge on any atom is -0.0175 e. The fraction of sp³-hybridized carbons (Fsp3) is 0.800. The molecule has 0 spiro atoms. The Morgan fingerprint density at radius 1 is 1.30 bits per heavy atom. The molecule has 0 atom stereocenters. The molecule has 0 saturated carbocycles. The van der Waals surface area contributed by atoms with Crippen molar-refractivity contribution in [3.8, 4) is 0 Å². The molecule has 0 rings (SSSR count). The minimum Gasteiger partial charge on any atom is -0.0911 e. The quantitative estimate of drug-likeness (QED) is 0.521. The minimum absolute atomic E-state index is 0.421. The zero-order chi connectivity index (χ0) is 8.04. The van der Waals surface area contributed by atoms with E-state index in [-0.39, 0.29) is 0 Å². The van der Waals surface area contributed by atoms with Gasteiger partial charge in [0.15, 0.2) is 0 Å². The molecular weight excluding hydrogens is 120 g/mol. The monoisotopic (exact) mass is 140 g/mol. The Kier molecular flexibility index (Phi) is 4.42. The molecule has 0 aromatic heterocycles. The standard InChI is InChI=1S/C10H20/c1-5-7-9-10(3,4)8-6-2/h6,8H,5,7,9H2,1-4H3. The third kappa shape index (κ3) is 4.60. The molecule has 0 heterocycles. The summed E-state index contributed by atoms with van der Waals surface area (Å²) in [6.07, 6.45) is 8.41. The first-order valence-corrected chi connectivity index (χ1v) is 4.26. The molecule has 0 unspecified atom stereocenters. The van der Waals surface area contributed by atoms with Crippen molar-refractivity contribution in [3.05, 3.63) is 12.2 Å². The molecule has 0 aliphatic carbocycles. The van der Waals surface area contributed by atoms with Gasteiger partial charge in [0.2, 0.25) is 0 Å². The van der Waals surface area contributed by atoms with Gasteiger partial charge >= 0.3 is 0 Å². The Bertz CT molecular complexity index is 98.6. The van der Waals surface area contributed by atoms with Gasteiger partial charge in [0.25, 0.3) is 0 Å². The van der Waals surface area contributed by atoms with Crippen LogP contribution in [0.1, 0.15) is 47.0 Å². The van der Waals surface area contributed by atoms with E-state index in [1.54, 1.807) is 0 Å². The second-order valence-corrected chi connectivity index (χ2v) is 3.59. The largest absolute Gasteiger partial charge is 0.0911 e. The van der Waals surface area contributed by atoms with E-state index in [9.17, 15) is 0 Å². The Morgan fingerprint density at radius 3 is 2.30 bits per heavy atom. The summed E-state index contributed by atoms with van der Waals surface area (Å²) in [4.78, 5) is 0. The fourth-order valence-electron chi connectivity index (χ4n) is 1.17.